The van der Waals surface area contributed by atoms with Crippen LogP contribution in [0.3, 0.4) is 0 Å². The third kappa shape index (κ3) is 2.69. The van der Waals surface area contributed by atoms with Crippen molar-refractivity contribution in [2.75, 3.05) is 6.54 Å². The maximum absolute atomic E-state index is 11.5. The van der Waals surface area contributed by atoms with Gasteiger partial charge in [-0.15, -0.1) is 19.1 Å². The molecule has 0 aliphatic carbocycles. The Morgan fingerprint density at radius 3 is 3.00 bits per heavy atom. The summed E-state index contributed by atoms with van der Waals surface area (Å²) in [6.45, 7) is 0.186. The van der Waals surface area contributed by atoms with Gasteiger partial charge < -0.3 is 5.32 Å². The minimum absolute atomic E-state index is 0.186. The van der Waals surface area contributed by atoms with E-state index in [4.69, 9.17) is 18.0 Å². The highest BCUT2D eigenvalue weighted by Crippen LogP contribution is 2.19. The van der Waals surface area contributed by atoms with Gasteiger partial charge in [0.2, 0.25) is 0 Å². The lowest BCUT2D eigenvalue weighted by molar-refractivity contribution is 0.0958. The topological polar surface area (TPSA) is 29.1 Å². The second kappa shape index (κ2) is 4.94. The van der Waals surface area contributed by atoms with Crippen LogP contribution in [0, 0.1) is 12.3 Å². The first-order chi connectivity index (χ1) is 6.65. The fraction of sp³-hybridized carbons (Fsp3) is 0.100. The molecule has 0 aliphatic rings. The number of carbonyl (C=O) groups is 1. The summed E-state index contributed by atoms with van der Waals surface area (Å²) in [5, 5.41) is 2.91. The van der Waals surface area contributed by atoms with Crippen molar-refractivity contribution in [1.82, 2.24) is 5.32 Å². The quantitative estimate of drug-likeness (QED) is 0.585. The Morgan fingerprint density at radius 1 is 1.64 bits per heavy atom. The molecular weight excluding hydrogens is 218 g/mol. The number of terminal acetylenes is 1. The van der Waals surface area contributed by atoms with Crippen LogP contribution in [0.1, 0.15) is 10.4 Å². The summed E-state index contributed by atoms with van der Waals surface area (Å²) >= 11 is 9.93. The van der Waals surface area contributed by atoms with Gasteiger partial charge in [0, 0.05) is 4.90 Å². The Bertz CT molecular complexity index is 398. The highest BCUT2D eigenvalue weighted by Gasteiger charge is 2.09. The third-order valence-electron chi connectivity index (χ3n) is 1.55. The van der Waals surface area contributed by atoms with E-state index in [1.807, 2.05) is 0 Å². The predicted molar refractivity (Wildman–Crippen MR) is 59.9 cm³/mol. The fourth-order valence-electron chi connectivity index (χ4n) is 0.914. The Kier molecular flexibility index (Phi) is 3.87. The molecule has 2 nitrogen and oxygen atoms in total. The van der Waals surface area contributed by atoms with Gasteiger partial charge >= 0.3 is 0 Å². The number of benzene rings is 1. The molecule has 1 amide bonds. The Labute approximate surface area is 93.1 Å². The standard InChI is InChI=1S/C10H8ClNOS/c1-2-5-12-10(13)8-6-7(14)3-4-9(8)11/h1,3-4,6,14H,5H2,(H,12,13). The molecule has 0 unspecified atom stereocenters. The van der Waals surface area contributed by atoms with Crippen molar-refractivity contribution in [1.29, 1.82) is 0 Å². The molecule has 0 bridgehead atoms. The van der Waals surface area contributed by atoms with Gasteiger partial charge in [0.25, 0.3) is 5.91 Å². The number of nitrogens with one attached hydrogen (secondary N) is 1. The van der Waals surface area contributed by atoms with E-state index >= 15 is 0 Å². The average molecular weight is 226 g/mol. The molecule has 0 fully saturated rings. The van der Waals surface area contributed by atoms with E-state index in [0.29, 0.717) is 15.5 Å². The second-order valence-electron chi connectivity index (χ2n) is 2.55. The van der Waals surface area contributed by atoms with Gasteiger partial charge in [0.15, 0.2) is 0 Å². The van der Waals surface area contributed by atoms with Crippen molar-refractivity contribution in [3.8, 4) is 12.3 Å². The SMILES string of the molecule is C#CCNC(=O)c1cc(S)ccc1Cl. The van der Waals surface area contributed by atoms with Crippen LogP contribution in [0.15, 0.2) is 23.1 Å². The third-order valence-corrected chi connectivity index (χ3v) is 2.15. The van der Waals surface area contributed by atoms with Gasteiger partial charge in [-0.05, 0) is 18.2 Å². The van der Waals surface area contributed by atoms with Crippen LogP contribution in [0.25, 0.3) is 0 Å². The molecule has 14 heavy (non-hydrogen) atoms. The van der Waals surface area contributed by atoms with E-state index in [-0.39, 0.29) is 12.5 Å². The minimum Gasteiger partial charge on any atom is -0.341 e. The number of halogens is 1. The molecule has 0 saturated carbocycles. The van der Waals surface area contributed by atoms with Crippen molar-refractivity contribution < 1.29 is 4.79 Å². The van der Waals surface area contributed by atoms with Crippen LogP contribution in [0.2, 0.25) is 5.02 Å². The van der Waals surface area contributed by atoms with E-state index in [1.165, 1.54) is 0 Å². The summed E-state index contributed by atoms with van der Waals surface area (Å²) in [6, 6.07) is 4.93. The van der Waals surface area contributed by atoms with Crippen LogP contribution < -0.4 is 5.32 Å². The van der Waals surface area contributed by atoms with E-state index < -0.39 is 0 Å². The molecule has 0 spiro atoms. The van der Waals surface area contributed by atoms with E-state index in [0.717, 1.165) is 0 Å². The molecule has 0 saturated heterocycles. The lowest BCUT2D eigenvalue weighted by Gasteiger charge is -2.04. The fourth-order valence-corrected chi connectivity index (χ4v) is 1.32. The molecule has 1 rings (SSSR count). The normalized spacial score (nSPS) is 9.21. The zero-order chi connectivity index (χ0) is 10.6. The minimum atomic E-state index is -0.288. The number of carbonyl (C=O) groups excluding carboxylic acids is 1. The van der Waals surface area contributed by atoms with Gasteiger partial charge in [-0.2, -0.15) is 0 Å². The molecule has 4 heteroatoms. The summed E-state index contributed by atoms with van der Waals surface area (Å²) < 4.78 is 0. The van der Waals surface area contributed by atoms with Gasteiger partial charge in [0.05, 0.1) is 17.1 Å². The monoisotopic (exact) mass is 225 g/mol. The Morgan fingerprint density at radius 2 is 2.36 bits per heavy atom. The first-order valence-corrected chi connectivity index (χ1v) is 4.68. The van der Waals surface area contributed by atoms with Gasteiger partial charge in [-0.1, -0.05) is 17.5 Å². The number of hydrogen-bond acceptors (Lipinski definition) is 2. The molecule has 0 aromatic heterocycles. The largest absolute Gasteiger partial charge is 0.341 e. The summed E-state index contributed by atoms with van der Waals surface area (Å²) in [6.07, 6.45) is 5.01. The zero-order valence-electron chi connectivity index (χ0n) is 7.25. The Balaban J connectivity index is 2.90. The molecule has 0 heterocycles. The summed E-state index contributed by atoms with van der Waals surface area (Å²) in [5.74, 6) is 2.02. The van der Waals surface area contributed by atoms with Crippen molar-refractivity contribution >= 4 is 30.1 Å². The van der Waals surface area contributed by atoms with Crippen molar-refractivity contribution in [2.45, 2.75) is 4.90 Å². The van der Waals surface area contributed by atoms with Crippen LogP contribution in [0.5, 0.6) is 0 Å². The lowest BCUT2D eigenvalue weighted by atomic mass is 10.2. The van der Waals surface area contributed by atoms with Crippen LogP contribution in [0.4, 0.5) is 0 Å². The summed E-state index contributed by atoms with van der Waals surface area (Å²) in [5.41, 5.74) is 0.384. The molecule has 1 aromatic rings. The van der Waals surface area contributed by atoms with Gasteiger partial charge in [-0.3, -0.25) is 4.79 Å². The van der Waals surface area contributed by atoms with E-state index in [2.05, 4.69) is 23.9 Å². The summed E-state index contributed by atoms with van der Waals surface area (Å²) in [7, 11) is 0. The lowest BCUT2D eigenvalue weighted by Crippen LogP contribution is -2.23. The molecule has 1 aromatic carbocycles. The molecule has 1 N–H and O–H groups in total. The maximum Gasteiger partial charge on any atom is 0.253 e. The number of rotatable bonds is 2. The van der Waals surface area contributed by atoms with Crippen LogP contribution in [-0.4, -0.2) is 12.5 Å². The van der Waals surface area contributed by atoms with Gasteiger partial charge in [0.1, 0.15) is 0 Å². The van der Waals surface area contributed by atoms with Gasteiger partial charge in [-0.25, -0.2) is 0 Å². The van der Waals surface area contributed by atoms with Crippen molar-refractivity contribution in [3.05, 3.63) is 28.8 Å². The van der Waals surface area contributed by atoms with Crippen LogP contribution >= 0.6 is 24.2 Å². The number of thiol groups is 1. The molecule has 0 radical (unpaired) electrons. The van der Waals surface area contributed by atoms with E-state index in [1.54, 1.807) is 18.2 Å². The van der Waals surface area contributed by atoms with Crippen LogP contribution in [-0.2, 0) is 0 Å². The molecule has 0 aliphatic heterocycles. The smallest absolute Gasteiger partial charge is 0.253 e. The number of hydrogen-bond donors (Lipinski definition) is 2. The van der Waals surface area contributed by atoms with Crippen molar-refractivity contribution in [3.63, 3.8) is 0 Å². The zero-order valence-corrected chi connectivity index (χ0v) is 8.90. The first-order valence-electron chi connectivity index (χ1n) is 3.85. The summed E-state index contributed by atoms with van der Waals surface area (Å²) in [4.78, 5) is 12.1. The first kappa shape index (κ1) is 11.0. The van der Waals surface area contributed by atoms with Crippen molar-refractivity contribution in [2.24, 2.45) is 0 Å². The Hall–Kier alpha value is -1.11. The highest BCUT2D eigenvalue weighted by molar-refractivity contribution is 7.80. The molecule has 0 atom stereocenters. The molecule has 72 valence electrons. The maximum atomic E-state index is 11.5. The average Bonchev–Trinajstić information content (AvgIpc) is 2.18. The highest BCUT2D eigenvalue weighted by atomic mass is 35.5. The second-order valence-corrected chi connectivity index (χ2v) is 3.47. The predicted octanol–water partition coefficient (Wildman–Crippen LogP) is 1.99. The van der Waals surface area contributed by atoms with E-state index in [9.17, 15) is 4.79 Å². The number of amides is 1. The molecular formula is C10H8ClNOS.